The van der Waals surface area contributed by atoms with Gasteiger partial charge in [0.15, 0.2) is 6.10 Å². The van der Waals surface area contributed by atoms with Gasteiger partial charge in [0.2, 0.25) is 6.29 Å². The number of aliphatic hydroxyl groups excluding tert-OH is 3. The summed E-state index contributed by atoms with van der Waals surface area (Å²) >= 11 is 1.43. The van der Waals surface area contributed by atoms with Gasteiger partial charge < -0.3 is 34.6 Å². The number of thiophene rings is 1. The molecule has 1 saturated heterocycles. The number of aliphatic carboxylic acids is 1. The smallest absolute Gasteiger partial charge is 0.335 e. The molecule has 146 valence electrons. The van der Waals surface area contributed by atoms with E-state index >= 15 is 0 Å². The lowest BCUT2D eigenvalue weighted by Crippen LogP contribution is -2.61. The molecule has 2 heterocycles. The van der Waals surface area contributed by atoms with Gasteiger partial charge in [0.25, 0.3) is 0 Å². The molecule has 27 heavy (non-hydrogen) atoms. The van der Waals surface area contributed by atoms with Gasteiger partial charge in [-0.15, -0.1) is 11.3 Å². The highest BCUT2D eigenvalue weighted by Crippen LogP contribution is 2.31. The van der Waals surface area contributed by atoms with E-state index in [4.69, 9.17) is 19.3 Å². The second-order valence-corrected chi connectivity index (χ2v) is 7.09. The maximum absolute atomic E-state index is 11.2. The van der Waals surface area contributed by atoms with Crippen LogP contribution in [0.3, 0.4) is 0 Å². The first-order chi connectivity index (χ1) is 12.9. The minimum Gasteiger partial charge on any atom is -0.497 e. The van der Waals surface area contributed by atoms with Crippen molar-refractivity contribution in [2.75, 3.05) is 7.11 Å². The molecule has 1 aliphatic rings. The Labute approximate surface area is 159 Å². The van der Waals surface area contributed by atoms with Crippen molar-refractivity contribution < 1.29 is 39.4 Å². The zero-order chi connectivity index (χ0) is 19.6. The van der Waals surface area contributed by atoms with Gasteiger partial charge in [-0.3, -0.25) is 0 Å². The van der Waals surface area contributed by atoms with Gasteiger partial charge >= 0.3 is 5.97 Å². The van der Waals surface area contributed by atoms with Gasteiger partial charge in [-0.2, -0.15) is 0 Å². The summed E-state index contributed by atoms with van der Waals surface area (Å²) in [7, 11) is 1.59. The fourth-order valence-electron chi connectivity index (χ4n) is 2.77. The van der Waals surface area contributed by atoms with Crippen LogP contribution in [-0.4, -0.2) is 64.2 Å². The third kappa shape index (κ3) is 4.23. The van der Waals surface area contributed by atoms with E-state index in [0.717, 1.165) is 16.2 Å². The number of hydrogen-bond donors (Lipinski definition) is 4. The molecule has 1 aromatic heterocycles. The van der Waals surface area contributed by atoms with Crippen LogP contribution in [0.4, 0.5) is 0 Å². The lowest BCUT2D eigenvalue weighted by Gasteiger charge is -2.38. The molecule has 8 nitrogen and oxygen atoms in total. The Morgan fingerprint density at radius 2 is 1.81 bits per heavy atom. The number of ether oxygens (including phenoxy) is 3. The lowest BCUT2D eigenvalue weighted by atomic mass is 9.99. The van der Waals surface area contributed by atoms with Crippen molar-refractivity contribution in [2.24, 2.45) is 0 Å². The molecule has 0 unspecified atom stereocenters. The summed E-state index contributed by atoms with van der Waals surface area (Å²) < 4.78 is 15.9. The fraction of sp³-hybridized carbons (Fsp3) is 0.389. The largest absolute Gasteiger partial charge is 0.497 e. The number of carboxylic acids is 1. The van der Waals surface area contributed by atoms with Gasteiger partial charge in [-0.05, 0) is 29.1 Å². The van der Waals surface area contributed by atoms with Crippen LogP contribution in [0.25, 0.3) is 0 Å². The molecule has 0 aliphatic carbocycles. The van der Waals surface area contributed by atoms with E-state index in [0.29, 0.717) is 12.2 Å². The topological polar surface area (TPSA) is 126 Å². The maximum Gasteiger partial charge on any atom is 0.335 e. The zero-order valence-electron chi connectivity index (χ0n) is 14.4. The van der Waals surface area contributed by atoms with E-state index in [9.17, 15) is 20.1 Å². The van der Waals surface area contributed by atoms with Crippen molar-refractivity contribution in [3.05, 3.63) is 46.2 Å². The van der Waals surface area contributed by atoms with Crippen molar-refractivity contribution in [1.29, 1.82) is 0 Å². The van der Waals surface area contributed by atoms with E-state index in [-0.39, 0.29) is 0 Å². The van der Waals surface area contributed by atoms with Crippen molar-refractivity contribution in [3.63, 3.8) is 0 Å². The summed E-state index contributed by atoms with van der Waals surface area (Å²) in [6, 6.07) is 9.18. The standard InChI is InChI=1S/C18H20O8S/c1-24-10-4-2-9(3-5-10)8-12-11(6-7-27-12)25-18-15(21)13(19)14(20)16(26-18)17(22)23/h2-7,13-16,18-21H,8H2,1H3,(H,22,23)/t13-,14-,15+,16-,18+/m0/s1. The first-order valence-electron chi connectivity index (χ1n) is 8.19. The third-order valence-corrected chi connectivity index (χ3v) is 5.19. The summed E-state index contributed by atoms with van der Waals surface area (Å²) in [5.41, 5.74) is 1.01. The quantitative estimate of drug-likeness (QED) is 0.560. The van der Waals surface area contributed by atoms with Crippen molar-refractivity contribution in [1.82, 2.24) is 0 Å². The molecule has 2 aromatic rings. The molecule has 0 amide bonds. The Kier molecular flexibility index (Phi) is 5.98. The second-order valence-electron chi connectivity index (χ2n) is 6.09. The van der Waals surface area contributed by atoms with Crippen molar-refractivity contribution in [2.45, 2.75) is 37.1 Å². The van der Waals surface area contributed by atoms with E-state index in [1.54, 1.807) is 18.6 Å². The summed E-state index contributed by atoms with van der Waals surface area (Å²) in [5.74, 6) is -0.300. The maximum atomic E-state index is 11.2. The van der Waals surface area contributed by atoms with E-state index in [2.05, 4.69) is 0 Å². The van der Waals surface area contributed by atoms with Gasteiger partial charge in [0, 0.05) is 6.42 Å². The molecule has 0 saturated carbocycles. The highest BCUT2D eigenvalue weighted by Gasteiger charge is 2.48. The van der Waals surface area contributed by atoms with Crippen LogP contribution in [-0.2, 0) is 16.0 Å². The van der Waals surface area contributed by atoms with Crippen LogP contribution in [0.1, 0.15) is 10.4 Å². The van der Waals surface area contributed by atoms with Crippen LogP contribution in [0.5, 0.6) is 11.5 Å². The molecule has 1 aliphatic heterocycles. The van der Waals surface area contributed by atoms with Crippen LogP contribution in [0.2, 0.25) is 0 Å². The predicted octanol–water partition coefficient (Wildman–Crippen LogP) is 0.618. The summed E-state index contributed by atoms with van der Waals surface area (Å²) in [4.78, 5) is 12.0. The molecule has 9 heteroatoms. The molecule has 5 atom stereocenters. The van der Waals surface area contributed by atoms with Crippen LogP contribution in [0, 0.1) is 0 Å². The Bertz CT molecular complexity index is 774. The molecule has 4 N–H and O–H groups in total. The summed E-state index contributed by atoms with van der Waals surface area (Å²) in [6.45, 7) is 0. The molecule has 1 fully saturated rings. The Morgan fingerprint density at radius 3 is 2.44 bits per heavy atom. The van der Waals surface area contributed by atoms with Gasteiger partial charge in [0.1, 0.15) is 29.8 Å². The Morgan fingerprint density at radius 1 is 1.11 bits per heavy atom. The Hall–Kier alpha value is -2.17. The van der Waals surface area contributed by atoms with Crippen LogP contribution >= 0.6 is 11.3 Å². The second kappa shape index (κ2) is 8.24. The zero-order valence-corrected chi connectivity index (χ0v) is 15.2. The number of hydrogen-bond acceptors (Lipinski definition) is 8. The number of carboxylic acid groups (broad SMARTS) is 1. The molecule has 3 rings (SSSR count). The monoisotopic (exact) mass is 396 g/mol. The SMILES string of the molecule is COc1ccc(Cc2sccc2O[C@@H]2O[C@H](C(=O)O)[C@@H](O)[C@H](O)[C@H]2O)cc1. The van der Waals surface area contributed by atoms with Crippen molar-refractivity contribution >= 4 is 17.3 Å². The Balaban J connectivity index is 1.74. The average molecular weight is 396 g/mol. The normalized spacial score (nSPS) is 27.9. The third-order valence-electron chi connectivity index (χ3n) is 4.28. The summed E-state index contributed by atoms with van der Waals surface area (Å²) in [6.07, 6.45) is -7.62. The number of methoxy groups -OCH3 is 1. The molecular weight excluding hydrogens is 376 g/mol. The minimum atomic E-state index is -1.75. The van der Waals surface area contributed by atoms with Crippen LogP contribution in [0.15, 0.2) is 35.7 Å². The number of aliphatic hydroxyl groups is 3. The lowest BCUT2D eigenvalue weighted by molar-refractivity contribution is -0.271. The number of rotatable bonds is 6. The van der Waals surface area contributed by atoms with Gasteiger partial charge in [0.05, 0.1) is 12.0 Å². The van der Waals surface area contributed by atoms with Gasteiger partial charge in [-0.1, -0.05) is 12.1 Å². The molecule has 0 spiro atoms. The van der Waals surface area contributed by atoms with E-state index in [1.165, 1.54) is 11.3 Å². The summed E-state index contributed by atoms with van der Waals surface area (Å²) in [5, 5.41) is 40.6. The molecule has 0 bridgehead atoms. The number of carbonyl (C=O) groups is 1. The molecular formula is C18H20O8S. The first-order valence-corrected chi connectivity index (χ1v) is 9.07. The van der Waals surface area contributed by atoms with E-state index in [1.807, 2.05) is 24.3 Å². The highest BCUT2D eigenvalue weighted by molar-refractivity contribution is 7.10. The van der Waals surface area contributed by atoms with Gasteiger partial charge in [-0.25, -0.2) is 4.79 Å². The first kappa shape index (κ1) is 19.6. The molecule has 1 aromatic carbocycles. The van der Waals surface area contributed by atoms with E-state index < -0.39 is 36.7 Å². The van der Waals surface area contributed by atoms with Crippen LogP contribution < -0.4 is 9.47 Å². The molecule has 0 radical (unpaired) electrons. The number of benzene rings is 1. The fourth-order valence-corrected chi connectivity index (χ4v) is 3.60. The average Bonchev–Trinajstić information content (AvgIpc) is 3.09. The predicted molar refractivity (Wildman–Crippen MR) is 95.1 cm³/mol. The highest BCUT2D eigenvalue weighted by atomic mass is 32.1. The van der Waals surface area contributed by atoms with Crippen molar-refractivity contribution in [3.8, 4) is 11.5 Å². The minimum absolute atomic E-state index is 0.410.